The normalized spacial score (nSPS) is 11.2. The van der Waals surface area contributed by atoms with Crippen LogP contribution in [-0.4, -0.2) is 34.9 Å². The smallest absolute Gasteiger partial charge is 0.165 e. The zero-order valence-corrected chi connectivity index (χ0v) is 14.4. The van der Waals surface area contributed by atoms with Crippen molar-refractivity contribution in [3.63, 3.8) is 0 Å². The number of halogens is 1. The van der Waals surface area contributed by atoms with Crippen molar-refractivity contribution in [2.24, 2.45) is 0 Å². The number of nitrogens with one attached hydrogen (secondary N) is 1. The summed E-state index contributed by atoms with van der Waals surface area (Å²) in [6, 6.07) is 6.43. The van der Waals surface area contributed by atoms with Gasteiger partial charge in [0.15, 0.2) is 5.65 Å². The van der Waals surface area contributed by atoms with Gasteiger partial charge in [0.2, 0.25) is 0 Å². The molecule has 0 fully saturated rings. The molecular weight excluding hydrogens is 307 g/mol. The zero-order chi connectivity index (χ0) is 17.3. The Labute approximate surface area is 140 Å². The van der Waals surface area contributed by atoms with E-state index in [2.05, 4.69) is 10.4 Å². The van der Waals surface area contributed by atoms with Gasteiger partial charge in [-0.3, -0.25) is 0 Å². The molecule has 0 saturated carbocycles. The number of methoxy groups -OCH3 is 1. The molecule has 0 saturated heterocycles. The summed E-state index contributed by atoms with van der Waals surface area (Å²) in [4.78, 5) is 4.72. The van der Waals surface area contributed by atoms with Gasteiger partial charge in [-0.15, -0.1) is 0 Å². The molecule has 5 nitrogen and oxygen atoms in total. The van der Waals surface area contributed by atoms with Gasteiger partial charge in [0.05, 0.1) is 12.3 Å². The predicted molar refractivity (Wildman–Crippen MR) is 93.0 cm³/mol. The second-order valence-electron chi connectivity index (χ2n) is 5.79. The molecule has 3 aromatic rings. The van der Waals surface area contributed by atoms with Gasteiger partial charge in [0.1, 0.15) is 11.6 Å². The van der Waals surface area contributed by atoms with Crippen LogP contribution in [0.25, 0.3) is 16.8 Å². The quantitative estimate of drug-likeness (QED) is 0.728. The van der Waals surface area contributed by atoms with Gasteiger partial charge in [0.25, 0.3) is 0 Å². The number of aromatic nitrogens is 3. The van der Waals surface area contributed by atoms with Crippen molar-refractivity contribution in [3.05, 3.63) is 47.0 Å². The number of fused-ring (bicyclic) bond motifs is 1. The molecule has 0 spiro atoms. The number of aryl methyl sites for hydroxylation is 2. The predicted octanol–water partition coefficient (Wildman–Crippen LogP) is 3.52. The average molecular weight is 328 g/mol. The molecule has 0 radical (unpaired) electrons. The van der Waals surface area contributed by atoms with Crippen LogP contribution in [0.5, 0.6) is 0 Å². The third-order valence-corrected chi connectivity index (χ3v) is 4.15. The molecule has 24 heavy (non-hydrogen) atoms. The monoisotopic (exact) mass is 328 g/mol. The number of hydrogen-bond donors (Lipinski definition) is 1. The number of nitrogens with zero attached hydrogens (tertiary/aromatic N) is 3. The Hall–Kier alpha value is -2.47. The number of rotatable bonds is 5. The Morgan fingerprint density at radius 1 is 1.12 bits per heavy atom. The first-order chi connectivity index (χ1) is 11.5. The zero-order valence-electron chi connectivity index (χ0n) is 14.4. The molecule has 0 unspecified atom stereocenters. The summed E-state index contributed by atoms with van der Waals surface area (Å²) in [5.74, 6) is 0.654. The van der Waals surface area contributed by atoms with Crippen LogP contribution < -0.4 is 5.32 Å². The van der Waals surface area contributed by atoms with Crippen LogP contribution in [0.15, 0.2) is 24.3 Å². The second-order valence-corrected chi connectivity index (χ2v) is 5.79. The maximum Gasteiger partial charge on any atom is 0.165 e. The van der Waals surface area contributed by atoms with E-state index in [1.165, 1.54) is 12.1 Å². The molecule has 1 N–H and O–H groups in total. The molecule has 0 bridgehead atoms. The van der Waals surface area contributed by atoms with E-state index in [4.69, 9.17) is 9.72 Å². The van der Waals surface area contributed by atoms with Crippen molar-refractivity contribution >= 4 is 11.5 Å². The molecule has 0 aliphatic heterocycles. The van der Waals surface area contributed by atoms with Crippen LogP contribution in [0.2, 0.25) is 0 Å². The number of hydrogen-bond acceptors (Lipinski definition) is 4. The summed E-state index contributed by atoms with van der Waals surface area (Å²) in [5.41, 5.74) is 5.43. The Bertz CT molecular complexity index is 871. The van der Waals surface area contributed by atoms with E-state index in [1.54, 1.807) is 19.2 Å². The minimum atomic E-state index is -0.255. The first kappa shape index (κ1) is 16.4. The van der Waals surface area contributed by atoms with Crippen molar-refractivity contribution in [2.45, 2.75) is 20.8 Å². The molecule has 6 heteroatoms. The van der Waals surface area contributed by atoms with Crippen LogP contribution in [0.3, 0.4) is 0 Å². The summed E-state index contributed by atoms with van der Waals surface area (Å²) >= 11 is 0. The minimum absolute atomic E-state index is 0.255. The molecule has 0 aliphatic carbocycles. The van der Waals surface area contributed by atoms with E-state index >= 15 is 0 Å². The van der Waals surface area contributed by atoms with Gasteiger partial charge in [-0.05, 0) is 38.5 Å². The molecule has 3 rings (SSSR count). The topological polar surface area (TPSA) is 51.5 Å². The van der Waals surface area contributed by atoms with Crippen LogP contribution >= 0.6 is 0 Å². The lowest BCUT2D eigenvalue weighted by Gasteiger charge is -2.13. The number of anilines is 1. The second kappa shape index (κ2) is 6.57. The van der Waals surface area contributed by atoms with E-state index in [1.807, 2.05) is 25.3 Å². The van der Waals surface area contributed by atoms with Crippen molar-refractivity contribution in [3.8, 4) is 11.1 Å². The molecular formula is C18H21FN4O. The fraction of sp³-hybridized carbons (Fsp3) is 0.333. The summed E-state index contributed by atoms with van der Waals surface area (Å²) in [6.45, 7) is 7.23. The van der Waals surface area contributed by atoms with Gasteiger partial charge in [-0.1, -0.05) is 12.1 Å². The molecule has 0 aliphatic rings. The van der Waals surface area contributed by atoms with E-state index in [9.17, 15) is 4.39 Å². The SMILES string of the molecule is COCCNc1c(C)c(C)nc2c(-c3ccc(F)cc3)c(C)nn12. The van der Waals surface area contributed by atoms with E-state index < -0.39 is 0 Å². The largest absolute Gasteiger partial charge is 0.383 e. The highest BCUT2D eigenvalue weighted by Gasteiger charge is 2.18. The molecule has 1 aromatic carbocycles. The van der Waals surface area contributed by atoms with Gasteiger partial charge < -0.3 is 10.1 Å². The Morgan fingerprint density at radius 3 is 2.50 bits per heavy atom. The maximum atomic E-state index is 13.2. The lowest BCUT2D eigenvalue weighted by molar-refractivity contribution is 0.210. The maximum absolute atomic E-state index is 13.2. The summed E-state index contributed by atoms with van der Waals surface area (Å²) in [5, 5.41) is 8.02. The van der Waals surface area contributed by atoms with E-state index in [-0.39, 0.29) is 5.82 Å². The van der Waals surface area contributed by atoms with Gasteiger partial charge >= 0.3 is 0 Å². The first-order valence-corrected chi connectivity index (χ1v) is 7.88. The Balaban J connectivity index is 2.18. The van der Waals surface area contributed by atoms with E-state index in [0.29, 0.717) is 13.2 Å². The molecule has 2 heterocycles. The first-order valence-electron chi connectivity index (χ1n) is 7.88. The molecule has 0 atom stereocenters. The fourth-order valence-corrected chi connectivity index (χ4v) is 2.78. The molecule has 2 aromatic heterocycles. The average Bonchev–Trinajstić information content (AvgIpc) is 2.88. The molecule has 126 valence electrons. The van der Waals surface area contributed by atoms with Crippen molar-refractivity contribution < 1.29 is 9.13 Å². The van der Waals surface area contributed by atoms with Crippen molar-refractivity contribution in [2.75, 3.05) is 25.6 Å². The highest BCUT2D eigenvalue weighted by atomic mass is 19.1. The minimum Gasteiger partial charge on any atom is -0.383 e. The Kier molecular flexibility index (Phi) is 4.49. The van der Waals surface area contributed by atoms with E-state index in [0.717, 1.165) is 39.5 Å². The summed E-state index contributed by atoms with van der Waals surface area (Å²) in [6.07, 6.45) is 0. The summed E-state index contributed by atoms with van der Waals surface area (Å²) in [7, 11) is 1.67. The highest BCUT2D eigenvalue weighted by Crippen LogP contribution is 2.30. The third-order valence-electron chi connectivity index (χ3n) is 4.15. The lowest BCUT2D eigenvalue weighted by Crippen LogP contribution is -2.14. The van der Waals surface area contributed by atoms with Crippen molar-refractivity contribution in [1.82, 2.24) is 14.6 Å². The number of ether oxygens (including phenoxy) is 1. The summed E-state index contributed by atoms with van der Waals surface area (Å²) < 4.78 is 20.2. The van der Waals surface area contributed by atoms with Crippen LogP contribution in [-0.2, 0) is 4.74 Å². The Morgan fingerprint density at radius 2 is 1.83 bits per heavy atom. The van der Waals surface area contributed by atoms with Gasteiger partial charge in [-0.25, -0.2) is 9.37 Å². The van der Waals surface area contributed by atoms with Gasteiger partial charge in [-0.2, -0.15) is 9.61 Å². The molecule has 0 amide bonds. The third kappa shape index (κ3) is 2.85. The number of benzene rings is 1. The fourth-order valence-electron chi connectivity index (χ4n) is 2.78. The van der Waals surface area contributed by atoms with Gasteiger partial charge in [0, 0.05) is 30.5 Å². The standard InChI is InChI=1S/C18H21FN4O/c1-11-12(2)21-18-16(14-5-7-15(19)8-6-14)13(3)22-23(18)17(11)20-9-10-24-4/h5-8,20H,9-10H2,1-4H3. The lowest BCUT2D eigenvalue weighted by atomic mass is 10.1. The van der Waals surface area contributed by atoms with Crippen LogP contribution in [0, 0.1) is 26.6 Å². The highest BCUT2D eigenvalue weighted by molar-refractivity contribution is 5.81. The van der Waals surface area contributed by atoms with Crippen LogP contribution in [0.4, 0.5) is 10.2 Å². The van der Waals surface area contributed by atoms with Crippen LogP contribution in [0.1, 0.15) is 17.0 Å². The van der Waals surface area contributed by atoms with Crippen molar-refractivity contribution in [1.29, 1.82) is 0 Å².